The van der Waals surface area contributed by atoms with Crippen LogP contribution in [-0.2, 0) is 7.05 Å². The van der Waals surface area contributed by atoms with Gasteiger partial charge in [0.05, 0.1) is 23.5 Å². The molecule has 164 valence electrons. The summed E-state index contributed by atoms with van der Waals surface area (Å²) in [6.45, 7) is 4.06. The Balaban J connectivity index is 1.69. The molecule has 4 aromatic rings. The molecule has 0 bridgehead atoms. The van der Waals surface area contributed by atoms with E-state index in [-0.39, 0.29) is 0 Å². The van der Waals surface area contributed by atoms with E-state index in [0.717, 1.165) is 59.6 Å². The molecular weight excluding hydrogens is 422 g/mol. The fourth-order valence-corrected chi connectivity index (χ4v) is 4.80. The maximum Gasteiger partial charge on any atom is 0.142 e. The second-order valence-corrected chi connectivity index (χ2v) is 8.42. The predicted molar refractivity (Wildman–Crippen MR) is 133 cm³/mol. The molecule has 0 spiro atoms. The number of anilines is 2. The number of nitrogens with zero attached hydrogens (tertiary/aromatic N) is 3. The lowest BCUT2D eigenvalue weighted by Gasteiger charge is -2.29. The number of pyridine rings is 1. The number of hydrogen-bond donors (Lipinski definition) is 2. The van der Waals surface area contributed by atoms with E-state index < -0.39 is 0 Å². The highest BCUT2D eigenvalue weighted by Crippen LogP contribution is 2.44. The number of ether oxygens (including phenoxy) is 1. The Kier molecular flexibility index (Phi) is 5.41. The predicted octanol–water partition coefficient (Wildman–Crippen LogP) is 4.56. The van der Waals surface area contributed by atoms with E-state index in [1.54, 1.807) is 13.3 Å². The molecule has 5 rings (SSSR count). The Hall–Kier alpha value is -3.22. The number of nitrogen functional groups attached to an aromatic ring is 1. The van der Waals surface area contributed by atoms with E-state index in [4.69, 9.17) is 22.1 Å². The first-order valence-corrected chi connectivity index (χ1v) is 11.1. The summed E-state index contributed by atoms with van der Waals surface area (Å²) in [6, 6.07) is 16.4. The first-order chi connectivity index (χ1) is 15.6. The maximum atomic E-state index is 6.69. The zero-order valence-corrected chi connectivity index (χ0v) is 19.0. The van der Waals surface area contributed by atoms with Gasteiger partial charge in [-0.3, -0.25) is 0 Å². The van der Waals surface area contributed by atoms with Gasteiger partial charge in [-0.15, -0.1) is 0 Å². The topological polar surface area (TPSA) is 68.3 Å². The normalized spacial score (nSPS) is 14.2. The number of piperazine rings is 1. The summed E-state index contributed by atoms with van der Waals surface area (Å²) < 4.78 is 7.47. The monoisotopic (exact) mass is 447 g/mol. The molecule has 1 saturated heterocycles. The molecule has 3 N–H and O–H groups in total. The number of rotatable bonds is 4. The van der Waals surface area contributed by atoms with E-state index in [1.807, 2.05) is 31.3 Å². The van der Waals surface area contributed by atoms with Gasteiger partial charge in [0.15, 0.2) is 0 Å². The van der Waals surface area contributed by atoms with Gasteiger partial charge in [0.1, 0.15) is 11.4 Å². The lowest BCUT2D eigenvalue weighted by atomic mass is 9.98. The molecule has 32 heavy (non-hydrogen) atoms. The van der Waals surface area contributed by atoms with Crippen LogP contribution in [0.4, 0.5) is 11.4 Å². The standard InChI is InChI=1S/C25H26ClN5O/c1-30-24(16-3-6-18(7-4-16)31-13-11-28-12-14-31)22(23-19(26)9-10-29-25(23)30)17-5-8-21(32-2)20(27)15-17/h3-10,15,28H,11-14,27H2,1-2H3. The van der Waals surface area contributed by atoms with Gasteiger partial charge in [-0.2, -0.15) is 0 Å². The van der Waals surface area contributed by atoms with Gasteiger partial charge in [0.25, 0.3) is 0 Å². The van der Waals surface area contributed by atoms with Crippen LogP contribution in [0.1, 0.15) is 0 Å². The zero-order chi connectivity index (χ0) is 22.2. The van der Waals surface area contributed by atoms with Crippen molar-refractivity contribution < 1.29 is 4.74 Å². The van der Waals surface area contributed by atoms with Crippen LogP contribution < -0.4 is 20.7 Å². The molecule has 0 amide bonds. The van der Waals surface area contributed by atoms with Crippen molar-refractivity contribution in [1.82, 2.24) is 14.9 Å². The van der Waals surface area contributed by atoms with Crippen molar-refractivity contribution in [3.8, 4) is 28.1 Å². The van der Waals surface area contributed by atoms with Crippen LogP contribution >= 0.6 is 11.6 Å². The number of fused-ring (bicyclic) bond motifs is 1. The fourth-order valence-electron chi connectivity index (χ4n) is 4.57. The van der Waals surface area contributed by atoms with Crippen molar-refractivity contribution in [2.24, 2.45) is 7.05 Å². The van der Waals surface area contributed by atoms with Crippen LogP contribution in [0.25, 0.3) is 33.4 Å². The first kappa shape index (κ1) is 20.7. The highest BCUT2D eigenvalue weighted by molar-refractivity contribution is 6.37. The third-order valence-corrected chi connectivity index (χ3v) is 6.48. The van der Waals surface area contributed by atoms with Crippen molar-refractivity contribution in [3.05, 3.63) is 59.8 Å². The number of nitrogens with two attached hydrogens (primary N) is 1. The van der Waals surface area contributed by atoms with Crippen LogP contribution in [-0.4, -0.2) is 42.8 Å². The van der Waals surface area contributed by atoms with E-state index in [2.05, 4.69) is 44.0 Å². The molecule has 0 saturated carbocycles. The van der Waals surface area contributed by atoms with Gasteiger partial charge in [-0.25, -0.2) is 4.98 Å². The molecule has 1 aliphatic rings. The minimum Gasteiger partial charge on any atom is -0.495 e. The smallest absolute Gasteiger partial charge is 0.142 e. The Bertz CT molecular complexity index is 1280. The molecule has 0 unspecified atom stereocenters. The minimum absolute atomic E-state index is 0.585. The summed E-state index contributed by atoms with van der Waals surface area (Å²) in [5, 5.41) is 4.99. The number of aromatic nitrogens is 2. The Morgan fingerprint density at radius 2 is 1.75 bits per heavy atom. The second-order valence-electron chi connectivity index (χ2n) is 8.01. The zero-order valence-electron chi connectivity index (χ0n) is 18.2. The minimum atomic E-state index is 0.585. The fraction of sp³-hybridized carbons (Fsp3) is 0.240. The molecule has 7 heteroatoms. The van der Waals surface area contributed by atoms with Gasteiger partial charge in [0, 0.05) is 56.1 Å². The SMILES string of the molecule is COc1ccc(-c2c(-c3ccc(N4CCNCC4)cc3)n(C)c3nccc(Cl)c23)cc1N. The van der Waals surface area contributed by atoms with Crippen molar-refractivity contribution in [2.75, 3.05) is 43.9 Å². The van der Waals surface area contributed by atoms with Crippen LogP contribution in [0.5, 0.6) is 5.75 Å². The molecule has 6 nitrogen and oxygen atoms in total. The summed E-state index contributed by atoms with van der Waals surface area (Å²) in [7, 11) is 3.65. The van der Waals surface area contributed by atoms with Crippen LogP contribution in [0.2, 0.25) is 5.02 Å². The summed E-state index contributed by atoms with van der Waals surface area (Å²) >= 11 is 6.69. The maximum absolute atomic E-state index is 6.69. The molecular formula is C25H26ClN5O. The number of nitrogens with one attached hydrogen (secondary N) is 1. The molecule has 0 aliphatic carbocycles. The number of halogens is 1. The molecule has 1 aliphatic heterocycles. The molecule has 2 aromatic carbocycles. The van der Waals surface area contributed by atoms with E-state index >= 15 is 0 Å². The number of methoxy groups -OCH3 is 1. The van der Waals surface area contributed by atoms with Crippen LogP contribution in [0.3, 0.4) is 0 Å². The molecule has 2 aromatic heterocycles. The summed E-state index contributed by atoms with van der Waals surface area (Å²) in [6.07, 6.45) is 1.74. The van der Waals surface area contributed by atoms with Gasteiger partial charge in [-0.05, 0) is 41.5 Å². The van der Waals surface area contributed by atoms with Gasteiger partial charge in [0.2, 0.25) is 0 Å². The third-order valence-electron chi connectivity index (χ3n) is 6.16. The lowest BCUT2D eigenvalue weighted by molar-refractivity contribution is 0.417. The highest BCUT2D eigenvalue weighted by atomic mass is 35.5. The van der Waals surface area contributed by atoms with Gasteiger partial charge < -0.3 is 25.3 Å². The molecule has 3 heterocycles. The number of benzene rings is 2. The Labute approximate surface area is 192 Å². The summed E-state index contributed by atoms with van der Waals surface area (Å²) in [5.74, 6) is 0.653. The Morgan fingerprint density at radius 3 is 2.44 bits per heavy atom. The highest BCUT2D eigenvalue weighted by Gasteiger charge is 2.22. The number of aryl methyl sites for hydroxylation is 1. The van der Waals surface area contributed by atoms with Crippen LogP contribution in [0.15, 0.2) is 54.7 Å². The van der Waals surface area contributed by atoms with Crippen molar-refractivity contribution in [3.63, 3.8) is 0 Å². The Morgan fingerprint density at radius 1 is 1.03 bits per heavy atom. The molecule has 1 fully saturated rings. The van der Waals surface area contributed by atoms with E-state index in [0.29, 0.717) is 16.5 Å². The van der Waals surface area contributed by atoms with Crippen molar-refractivity contribution in [2.45, 2.75) is 0 Å². The quantitative estimate of drug-likeness (QED) is 0.449. The summed E-state index contributed by atoms with van der Waals surface area (Å²) in [5.41, 5.74) is 13.1. The average Bonchev–Trinajstić information content (AvgIpc) is 3.13. The second kappa shape index (κ2) is 8.37. The van der Waals surface area contributed by atoms with Crippen LogP contribution in [0, 0.1) is 0 Å². The first-order valence-electron chi connectivity index (χ1n) is 10.7. The van der Waals surface area contributed by atoms with Gasteiger partial charge >= 0.3 is 0 Å². The molecule has 0 radical (unpaired) electrons. The molecule has 0 atom stereocenters. The van der Waals surface area contributed by atoms with E-state index in [1.165, 1.54) is 5.69 Å². The summed E-state index contributed by atoms with van der Waals surface area (Å²) in [4.78, 5) is 7.04. The lowest BCUT2D eigenvalue weighted by Crippen LogP contribution is -2.43. The number of hydrogen-bond acceptors (Lipinski definition) is 5. The van der Waals surface area contributed by atoms with E-state index in [9.17, 15) is 0 Å². The third kappa shape index (κ3) is 3.45. The van der Waals surface area contributed by atoms with Crippen molar-refractivity contribution in [1.29, 1.82) is 0 Å². The van der Waals surface area contributed by atoms with Crippen molar-refractivity contribution >= 4 is 34.0 Å². The average molecular weight is 448 g/mol. The van der Waals surface area contributed by atoms with Gasteiger partial charge in [-0.1, -0.05) is 29.8 Å². The largest absolute Gasteiger partial charge is 0.495 e.